The molecule has 2 rings (SSSR count). The molecule has 0 aliphatic heterocycles. The maximum Gasteiger partial charge on any atom is 0.417 e. The Morgan fingerprint density at radius 2 is 1.93 bits per heavy atom. The van der Waals surface area contributed by atoms with E-state index in [9.17, 15) is 18.0 Å². The Bertz CT molecular complexity index is 705. The number of rotatable bonds is 7. The number of halogens is 4. The largest absolute Gasteiger partial charge is 0.476 e. The second-order valence-corrected chi connectivity index (χ2v) is 7.27. The van der Waals surface area contributed by atoms with E-state index in [0.29, 0.717) is 19.0 Å². The van der Waals surface area contributed by atoms with Crippen molar-refractivity contribution in [2.45, 2.75) is 31.9 Å². The standard InChI is InChI=1S/C19H28F3N5O2.HI/c1-23-17(26-13-18(8-4-5-9-18)16(28)27(2)3)24-10-11-29-15-7-6-14(12-25-15)19(20,21)22;/h6-7,12H,4-5,8-11,13H2,1-3H3,(H2,23,24,26);1H. The molecule has 0 aromatic carbocycles. The van der Waals surface area contributed by atoms with Gasteiger partial charge >= 0.3 is 6.18 Å². The van der Waals surface area contributed by atoms with E-state index in [1.807, 2.05) is 0 Å². The van der Waals surface area contributed by atoms with Gasteiger partial charge in [0, 0.05) is 40.0 Å². The van der Waals surface area contributed by atoms with Crippen LogP contribution in [0.1, 0.15) is 31.2 Å². The van der Waals surface area contributed by atoms with Crippen LogP contribution in [0.5, 0.6) is 5.88 Å². The number of ether oxygens (including phenoxy) is 1. The summed E-state index contributed by atoms with van der Waals surface area (Å²) in [6.45, 7) is 1.06. The first-order valence-electron chi connectivity index (χ1n) is 9.50. The Labute approximate surface area is 191 Å². The fraction of sp³-hybridized carbons (Fsp3) is 0.632. The molecule has 1 aliphatic rings. The highest BCUT2D eigenvalue weighted by Crippen LogP contribution is 2.38. The lowest BCUT2D eigenvalue weighted by molar-refractivity contribution is -0.139. The summed E-state index contributed by atoms with van der Waals surface area (Å²) in [5.74, 6) is 0.769. The van der Waals surface area contributed by atoms with Crippen LogP contribution in [0.25, 0.3) is 0 Å². The van der Waals surface area contributed by atoms with Crippen molar-refractivity contribution < 1.29 is 22.7 Å². The molecule has 1 aromatic rings. The van der Waals surface area contributed by atoms with Gasteiger partial charge in [-0.3, -0.25) is 9.79 Å². The molecule has 1 heterocycles. The summed E-state index contributed by atoms with van der Waals surface area (Å²) in [6.07, 6.45) is 0.0673. The van der Waals surface area contributed by atoms with Crippen LogP contribution >= 0.6 is 24.0 Å². The van der Waals surface area contributed by atoms with Gasteiger partial charge in [-0.1, -0.05) is 12.8 Å². The number of aromatic nitrogens is 1. The third-order valence-corrected chi connectivity index (χ3v) is 4.95. The molecule has 0 atom stereocenters. The van der Waals surface area contributed by atoms with E-state index in [1.165, 1.54) is 6.07 Å². The van der Waals surface area contributed by atoms with E-state index >= 15 is 0 Å². The van der Waals surface area contributed by atoms with Crippen LogP contribution < -0.4 is 15.4 Å². The molecule has 0 bridgehead atoms. The van der Waals surface area contributed by atoms with Gasteiger partial charge in [0.05, 0.1) is 17.5 Å². The molecule has 170 valence electrons. The van der Waals surface area contributed by atoms with Crippen molar-refractivity contribution in [2.75, 3.05) is 40.8 Å². The minimum atomic E-state index is -4.42. The molecule has 0 spiro atoms. The third-order valence-electron chi connectivity index (χ3n) is 4.95. The molecular weight excluding hydrogens is 514 g/mol. The molecule has 0 saturated heterocycles. The van der Waals surface area contributed by atoms with Gasteiger partial charge in [0.25, 0.3) is 0 Å². The number of nitrogens with one attached hydrogen (secondary N) is 2. The quantitative estimate of drug-likeness (QED) is 0.240. The number of aliphatic imine (C=N–C) groups is 1. The van der Waals surface area contributed by atoms with Crippen LogP contribution in [0.2, 0.25) is 0 Å². The van der Waals surface area contributed by atoms with Crippen molar-refractivity contribution in [3.63, 3.8) is 0 Å². The van der Waals surface area contributed by atoms with E-state index in [1.54, 1.807) is 26.0 Å². The number of carbonyl (C=O) groups is 1. The van der Waals surface area contributed by atoms with Crippen molar-refractivity contribution in [1.82, 2.24) is 20.5 Å². The molecule has 0 unspecified atom stereocenters. The first-order valence-corrected chi connectivity index (χ1v) is 9.50. The normalized spacial score (nSPS) is 15.9. The average Bonchev–Trinajstić information content (AvgIpc) is 3.16. The molecule has 2 N–H and O–H groups in total. The second-order valence-electron chi connectivity index (χ2n) is 7.27. The van der Waals surface area contributed by atoms with Gasteiger partial charge < -0.3 is 20.3 Å². The number of hydrogen-bond donors (Lipinski definition) is 2. The minimum absolute atomic E-state index is 0. The summed E-state index contributed by atoms with van der Waals surface area (Å²) in [5.41, 5.74) is -1.23. The zero-order valence-corrected chi connectivity index (χ0v) is 19.7. The maximum absolute atomic E-state index is 12.6. The van der Waals surface area contributed by atoms with E-state index < -0.39 is 17.2 Å². The van der Waals surface area contributed by atoms with E-state index in [-0.39, 0.29) is 42.4 Å². The maximum atomic E-state index is 12.6. The summed E-state index contributed by atoms with van der Waals surface area (Å²) in [4.78, 5) is 22.0. The Balaban J connectivity index is 0.00000450. The van der Waals surface area contributed by atoms with Crippen molar-refractivity contribution in [3.05, 3.63) is 23.9 Å². The van der Waals surface area contributed by atoms with E-state index in [2.05, 4.69) is 20.6 Å². The average molecular weight is 543 g/mol. The first kappa shape index (κ1) is 26.2. The Morgan fingerprint density at radius 3 is 2.43 bits per heavy atom. The number of alkyl halides is 3. The molecular formula is C19H29F3IN5O2. The van der Waals surface area contributed by atoms with Gasteiger partial charge in [0.2, 0.25) is 11.8 Å². The van der Waals surface area contributed by atoms with Crippen LogP contribution in [0.15, 0.2) is 23.3 Å². The van der Waals surface area contributed by atoms with Crippen molar-refractivity contribution >= 4 is 35.8 Å². The van der Waals surface area contributed by atoms with Crippen molar-refractivity contribution in [1.29, 1.82) is 0 Å². The summed E-state index contributed by atoms with van der Waals surface area (Å²) in [6, 6.07) is 2.12. The van der Waals surface area contributed by atoms with Gasteiger partial charge in [-0.15, -0.1) is 24.0 Å². The Morgan fingerprint density at radius 1 is 1.27 bits per heavy atom. The third kappa shape index (κ3) is 7.17. The van der Waals surface area contributed by atoms with Gasteiger partial charge in [-0.05, 0) is 18.9 Å². The predicted molar refractivity (Wildman–Crippen MR) is 119 cm³/mol. The smallest absolute Gasteiger partial charge is 0.417 e. The molecule has 1 fully saturated rings. The number of nitrogens with zero attached hydrogens (tertiary/aromatic N) is 3. The molecule has 1 saturated carbocycles. The lowest BCUT2D eigenvalue weighted by Crippen LogP contribution is -2.49. The fourth-order valence-corrected chi connectivity index (χ4v) is 3.42. The van der Waals surface area contributed by atoms with Crippen LogP contribution in [0.4, 0.5) is 13.2 Å². The number of guanidine groups is 1. The first-order chi connectivity index (χ1) is 13.7. The van der Waals surface area contributed by atoms with Crippen molar-refractivity contribution in [2.24, 2.45) is 10.4 Å². The summed E-state index contributed by atoms with van der Waals surface area (Å²) in [7, 11) is 5.16. The monoisotopic (exact) mass is 543 g/mol. The number of hydrogen-bond acceptors (Lipinski definition) is 4. The molecule has 1 aromatic heterocycles. The molecule has 1 amide bonds. The van der Waals surface area contributed by atoms with Crippen LogP contribution in [0, 0.1) is 5.41 Å². The van der Waals surface area contributed by atoms with Crippen LogP contribution in [-0.4, -0.2) is 62.6 Å². The summed E-state index contributed by atoms with van der Waals surface area (Å²) >= 11 is 0. The topological polar surface area (TPSA) is 78.9 Å². The molecule has 0 radical (unpaired) electrons. The zero-order chi connectivity index (χ0) is 21.5. The lowest BCUT2D eigenvalue weighted by atomic mass is 9.84. The van der Waals surface area contributed by atoms with Gasteiger partial charge in [-0.25, -0.2) is 4.98 Å². The highest BCUT2D eigenvalue weighted by atomic mass is 127. The fourth-order valence-electron chi connectivity index (χ4n) is 3.42. The number of pyridine rings is 1. The van der Waals surface area contributed by atoms with Gasteiger partial charge in [0.15, 0.2) is 5.96 Å². The number of amides is 1. The second kappa shape index (κ2) is 11.6. The van der Waals surface area contributed by atoms with Crippen LogP contribution in [0.3, 0.4) is 0 Å². The molecule has 1 aliphatic carbocycles. The molecule has 30 heavy (non-hydrogen) atoms. The summed E-state index contributed by atoms with van der Waals surface area (Å²) in [5, 5.41) is 6.27. The predicted octanol–water partition coefficient (Wildman–Crippen LogP) is 2.91. The highest BCUT2D eigenvalue weighted by molar-refractivity contribution is 14.0. The summed E-state index contributed by atoms with van der Waals surface area (Å²) < 4.78 is 42.9. The lowest BCUT2D eigenvalue weighted by Gasteiger charge is -2.31. The van der Waals surface area contributed by atoms with E-state index in [0.717, 1.165) is 37.9 Å². The molecule has 7 nitrogen and oxygen atoms in total. The Kier molecular flexibility index (Phi) is 10.1. The minimum Gasteiger partial charge on any atom is -0.476 e. The van der Waals surface area contributed by atoms with Gasteiger partial charge in [0.1, 0.15) is 6.61 Å². The van der Waals surface area contributed by atoms with Crippen LogP contribution in [-0.2, 0) is 11.0 Å². The highest BCUT2D eigenvalue weighted by Gasteiger charge is 2.42. The zero-order valence-electron chi connectivity index (χ0n) is 17.4. The van der Waals surface area contributed by atoms with Gasteiger partial charge in [-0.2, -0.15) is 13.2 Å². The SMILES string of the molecule is CN=C(NCCOc1ccc(C(F)(F)F)cn1)NCC1(C(=O)N(C)C)CCCC1.I. The number of carbonyl (C=O) groups excluding carboxylic acids is 1. The van der Waals surface area contributed by atoms with E-state index in [4.69, 9.17) is 4.74 Å². The van der Waals surface area contributed by atoms with Crippen molar-refractivity contribution in [3.8, 4) is 5.88 Å². The molecule has 11 heteroatoms. The Hall–Kier alpha value is -1.79.